The van der Waals surface area contributed by atoms with Crippen LogP contribution in [0, 0.1) is 0 Å². The molecule has 4 rings (SSSR count). The van der Waals surface area contributed by atoms with Gasteiger partial charge in [0.05, 0.1) is 18.2 Å². The fourth-order valence-electron chi connectivity index (χ4n) is 4.29. The number of carbonyl (C=O) groups excluding carboxylic acids is 2. The Morgan fingerprint density at radius 1 is 1.28 bits per heavy atom. The number of aryl methyl sites for hydroxylation is 1. The molecule has 0 bridgehead atoms. The van der Waals surface area contributed by atoms with E-state index < -0.39 is 17.7 Å². The molecule has 0 radical (unpaired) electrons. The van der Waals surface area contributed by atoms with Crippen molar-refractivity contribution < 1.29 is 24.2 Å². The van der Waals surface area contributed by atoms with Crippen molar-refractivity contribution in [1.82, 2.24) is 4.90 Å². The lowest BCUT2D eigenvalue weighted by Gasteiger charge is -2.25. The average molecular weight is 434 g/mol. The molecule has 166 valence electrons. The van der Waals surface area contributed by atoms with Gasteiger partial charge < -0.3 is 19.5 Å². The zero-order chi connectivity index (χ0) is 22.7. The van der Waals surface area contributed by atoms with Crippen LogP contribution in [-0.2, 0) is 16.0 Å². The number of rotatable bonds is 7. The monoisotopic (exact) mass is 433 g/mol. The van der Waals surface area contributed by atoms with Gasteiger partial charge in [0, 0.05) is 12.1 Å². The molecule has 1 fully saturated rings. The minimum Gasteiger partial charge on any atom is -0.507 e. The number of ketones is 1. The second-order valence-electron chi connectivity index (χ2n) is 7.94. The van der Waals surface area contributed by atoms with Gasteiger partial charge in [0.1, 0.15) is 23.9 Å². The molecule has 6 nitrogen and oxygen atoms in total. The standard InChI is InChI=1S/C26H27NO5/c1-3-12-27-23(18-7-5-9-20(16-18)31-13-4-2)22(25(29)26(27)30)24(28)19-10-11-21-17(15-19)8-6-14-32-21/h4-5,7,9-11,15-16,23,28H,2-3,6,8,12-14H2,1H3/b24-22-. The van der Waals surface area contributed by atoms with Gasteiger partial charge in [-0.15, -0.1) is 0 Å². The molecule has 1 atom stereocenters. The molecule has 32 heavy (non-hydrogen) atoms. The molecule has 1 saturated heterocycles. The van der Waals surface area contributed by atoms with Crippen molar-refractivity contribution >= 4 is 17.4 Å². The Morgan fingerprint density at radius 2 is 2.12 bits per heavy atom. The summed E-state index contributed by atoms with van der Waals surface area (Å²) in [5, 5.41) is 11.2. The van der Waals surface area contributed by atoms with Gasteiger partial charge in [-0.25, -0.2) is 0 Å². The Kier molecular flexibility index (Phi) is 6.30. The van der Waals surface area contributed by atoms with E-state index >= 15 is 0 Å². The summed E-state index contributed by atoms with van der Waals surface area (Å²) in [6, 6.07) is 12.0. The van der Waals surface area contributed by atoms with E-state index in [2.05, 4.69) is 6.58 Å². The van der Waals surface area contributed by atoms with Crippen molar-refractivity contribution in [2.45, 2.75) is 32.2 Å². The number of benzene rings is 2. The number of carbonyl (C=O) groups is 2. The van der Waals surface area contributed by atoms with Gasteiger partial charge in [0.15, 0.2) is 0 Å². The largest absolute Gasteiger partial charge is 0.507 e. The van der Waals surface area contributed by atoms with E-state index in [1.54, 1.807) is 18.2 Å². The van der Waals surface area contributed by atoms with Gasteiger partial charge in [0.25, 0.3) is 11.7 Å². The number of aliphatic hydroxyl groups is 1. The number of Topliss-reactive ketones (excluding diaryl/α,β-unsaturated/α-hetero) is 1. The average Bonchev–Trinajstić information content (AvgIpc) is 3.07. The summed E-state index contributed by atoms with van der Waals surface area (Å²) in [7, 11) is 0. The number of amides is 1. The summed E-state index contributed by atoms with van der Waals surface area (Å²) < 4.78 is 11.3. The topological polar surface area (TPSA) is 76.1 Å². The lowest BCUT2D eigenvalue weighted by Crippen LogP contribution is -2.30. The molecule has 2 heterocycles. The highest BCUT2D eigenvalue weighted by molar-refractivity contribution is 6.46. The first-order valence-electron chi connectivity index (χ1n) is 10.9. The molecule has 2 aromatic rings. The highest BCUT2D eigenvalue weighted by Crippen LogP contribution is 2.41. The molecule has 2 aromatic carbocycles. The highest BCUT2D eigenvalue weighted by Gasteiger charge is 2.45. The molecule has 0 aromatic heterocycles. The van der Waals surface area contributed by atoms with E-state index in [-0.39, 0.29) is 11.3 Å². The van der Waals surface area contributed by atoms with Gasteiger partial charge in [-0.2, -0.15) is 0 Å². The lowest BCUT2D eigenvalue weighted by atomic mass is 9.94. The zero-order valence-electron chi connectivity index (χ0n) is 18.2. The van der Waals surface area contributed by atoms with Crippen LogP contribution in [0.4, 0.5) is 0 Å². The third-order valence-electron chi connectivity index (χ3n) is 5.73. The normalized spacial score (nSPS) is 19.4. The van der Waals surface area contributed by atoms with Crippen molar-refractivity contribution in [1.29, 1.82) is 0 Å². The van der Waals surface area contributed by atoms with Crippen molar-refractivity contribution in [3.63, 3.8) is 0 Å². The summed E-state index contributed by atoms with van der Waals surface area (Å²) in [5.41, 5.74) is 2.30. The smallest absolute Gasteiger partial charge is 0.295 e. The molecule has 0 saturated carbocycles. The Hall–Kier alpha value is -3.54. The van der Waals surface area contributed by atoms with E-state index in [1.807, 2.05) is 37.3 Å². The number of hydrogen-bond donors (Lipinski definition) is 1. The SMILES string of the molecule is C=CCOc1cccc(C2/C(=C(/O)c3ccc4c(c3)CCCO4)C(=O)C(=O)N2CCC)c1. The molecular weight excluding hydrogens is 406 g/mol. The van der Waals surface area contributed by atoms with Crippen LogP contribution in [-0.4, -0.2) is 41.5 Å². The predicted molar refractivity (Wildman–Crippen MR) is 122 cm³/mol. The molecule has 0 aliphatic carbocycles. The molecule has 6 heteroatoms. The van der Waals surface area contributed by atoms with Crippen LogP contribution in [0.1, 0.15) is 42.5 Å². The van der Waals surface area contributed by atoms with Crippen LogP contribution in [0.3, 0.4) is 0 Å². The van der Waals surface area contributed by atoms with E-state index in [1.165, 1.54) is 4.90 Å². The quantitative estimate of drug-likeness (QED) is 0.303. The third-order valence-corrected chi connectivity index (χ3v) is 5.73. The maximum atomic E-state index is 13.1. The van der Waals surface area contributed by atoms with Crippen molar-refractivity contribution in [3.8, 4) is 11.5 Å². The predicted octanol–water partition coefficient (Wildman–Crippen LogP) is 4.41. The number of likely N-dealkylation sites (tertiary alicyclic amines) is 1. The molecule has 0 spiro atoms. The summed E-state index contributed by atoms with van der Waals surface area (Å²) in [4.78, 5) is 27.5. The maximum Gasteiger partial charge on any atom is 0.295 e. The zero-order valence-corrected chi connectivity index (χ0v) is 18.2. The molecule has 1 amide bonds. The molecule has 2 aliphatic rings. The van der Waals surface area contributed by atoms with Crippen LogP contribution in [0.15, 0.2) is 60.7 Å². The molecule has 2 aliphatic heterocycles. The minimum atomic E-state index is -0.686. The maximum absolute atomic E-state index is 13.1. The second-order valence-corrected chi connectivity index (χ2v) is 7.94. The van der Waals surface area contributed by atoms with Gasteiger partial charge in [-0.1, -0.05) is 31.7 Å². The number of hydrogen-bond acceptors (Lipinski definition) is 5. The number of nitrogens with zero attached hydrogens (tertiary/aromatic N) is 1. The first kappa shape index (κ1) is 21.7. The Labute approximate surface area is 187 Å². The van der Waals surface area contributed by atoms with Crippen molar-refractivity contribution in [3.05, 3.63) is 77.4 Å². The van der Waals surface area contributed by atoms with Crippen LogP contribution >= 0.6 is 0 Å². The van der Waals surface area contributed by atoms with Gasteiger partial charge in [0.2, 0.25) is 0 Å². The minimum absolute atomic E-state index is 0.0981. The van der Waals surface area contributed by atoms with Crippen LogP contribution in [0.2, 0.25) is 0 Å². The summed E-state index contributed by atoms with van der Waals surface area (Å²) in [5.74, 6) is -0.0413. The van der Waals surface area contributed by atoms with Crippen LogP contribution in [0.25, 0.3) is 5.76 Å². The molecule has 1 unspecified atom stereocenters. The summed E-state index contributed by atoms with van der Waals surface area (Å²) >= 11 is 0. The van der Waals surface area contributed by atoms with Crippen molar-refractivity contribution in [2.24, 2.45) is 0 Å². The second kappa shape index (κ2) is 9.30. The summed E-state index contributed by atoms with van der Waals surface area (Å²) in [6.07, 6.45) is 4.07. The first-order valence-corrected chi connectivity index (χ1v) is 10.9. The van der Waals surface area contributed by atoms with Gasteiger partial charge in [-0.3, -0.25) is 9.59 Å². The van der Waals surface area contributed by atoms with E-state index in [9.17, 15) is 14.7 Å². The van der Waals surface area contributed by atoms with Gasteiger partial charge >= 0.3 is 0 Å². The fourth-order valence-corrected chi connectivity index (χ4v) is 4.29. The molecular formula is C26H27NO5. The number of fused-ring (bicyclic) bond motifs is 1. The van der Waals surface area contributed by atoms with E-state index in [0.717, 1.165) is 24.2 Å². The Balaban J connectivity index is 1.82. The fraction of sp³-hybridized carbons (Fsp3) is 0.308. The Morgan fingerprint density at radius 3 is 2.91 bits per heavy atom. The van der Waals surface area contributed by atoms with Crippen LogP contribution in [0.5, 0.6) is 11.5 Å². The van der Waals surface area contributed by atoms with Crippen LogP contribution < -0.4 is 9.47 Å². The summed E-state index contributed by atoms with van der Waals surface area (Å²) in [6.45, 7) is 7.03. The van der Waals surface area contributed by atoms with Crippen molar-refractivity contribution in [2.75, 3.05) is 19.8 Å². The molecule has 1 N–H and O–H groups in total. The third kappa shape index (κ3) is 4.00. The number of aliphatic hydroxyl groups excluding tert-OH is 1. The highest BCUT2D eigenvalue weighted by atomic mass is 16.5. The Bertz CT molecular complexity index is 1090. The van der Waals surface area contributed by atoms with E-state index in [0.29, 0.717) is 43.1 Å². The first-order chi connectivity index (χ1) is 15.5. The lowest BCUT2D eigenvalue weighted by molar-refractivity contribution is -0.139. The van der Waals surface area contributed by atoms with Gasteiger partial charge in [-0.05, 0) is 60.7 Å². The number of ether oxygens (including phenoxy) is 2. The van der Waals surface area contributed by atoms with E-state index in [4.69, 9.17) is 9.47 Å².